The van der Waals surface area contributed by atoms with Crippen molar-refractivity contribution in [3.63, 3.8) is 0 Å². The molecule has 1 rings (SSSR count). The molecule has 1 fully saturated rings. The molecule has 0 bridgehead atoms. The number of nitrogens with zero attached hydrogens (tertiary/aromatic N) is 1. The SMILES string of the molecule is C=CCNC(=O)N1CCCC(O)C1(O)O. The molecule has 1 atom stereocenters. The van der Waals surface area contributed by atoms with Gasteiger partial charge >= 0.3 is 6.03 Å². The predicted molar refractivity (Wildman–Crippen MR) is 52.7 cm³/mol. The number of aliphatic hydroxyl groups is 3. The molecule has 0 radical (unpaired) electrons. The first kappa shape index (κ1) is 12.0. The molecule has 1 saturated heterocycles. The van der Waals surface area contributed by atoms with Gasteiger partial charge in [0.15, 0.2) is 0 Å². The molecule has 1 heterocycles. The van der Waals surface area contributed by atoms with Crippen LogP contribution in [0.15, 0.2) is 12.7 Å². The van der Waals surface area contributed by atoms with Gasteiger partial charge < -0.3 is 20.6 Å². The highest BCUT2D eigenvalue weighted by Crippen LogP contribution is 2.23. The van der Waals surface area contributed by atoms with Crippen LogP contribution in [0.2, 0.25) is 0 Å². The van der Waals surface area contributed by atoms with E-state index >= 15 is 0 Å². The molecule has 1 aliphatic rings. The summed E-state index contributed by atoms with van der Waals surface area (Å²) in [4.78, 5) is 12.3. The third-order valence-electron chi connectivity index (χ3n) is 2.35. The van der Waals surface area contributed by atoms with Crippen LogP contribution in [-0.2, 0) is 0 Å². The first-order chi connectivity index (χ1) is 7.00. The first-order valence-electron chi connectivity index (χ1n) is 4.79. The van der Waals surface area contributed by atoms with Crippen LogP contribution in [0.5, 0.6) is 0 Å². The van der Waals surface area contributed by atoms with Gasteiger partial charge in [-0.05, 0) is 12.8 Å². The van der Waals surface area contributed by atoms with E-state index in [1.807, 2.05) is 0 Å². The quantitative estimate of drug-likeness (QED) is 0.351. The van der Waals surface area contributed by atoms with Crippen molar-refractivity contribution in [1.82, 2.24) is 10.2 Å². The van der Waals surface area contributed by atoms with E-state index in [4.69, 9.17) is 0 Å². The third kappa shape index (κ3) is 2.47. The Kier molecular flexibility index (Phi) is 3.67. The molecule has 0 spiro atoms. The van der Waals surface area contributed by atoms with Crippen LogP contribution in [0, 0.1) is 0 Å². The topological polar surface area (TPSA) is 93.0 Å². The smallest absolute Gasteiger partial charge is 0.321 e. The second-order valence-electron chi connectivity index (χ2n) is 3.47. The Labute approximate surface area is 87.8 Å². The van der Waals surface area contributed by atoms with Gasteiger partial charge in [-0.3, -0.25) is 4.90 Å². The Morgan fingerprint density at radius 1 is 1.67 bits per heavy atom. The molecule has 2 amide bonds. The highest BCUT2D eigenvalue weighted by atomic mass is 16.6. The monoisotopic (exact) mass is 216 g/mol. The lowest BCUT2D eigenvalue weighted by molar-refractivity contribution is -0.307. The molecule has 0 aromatic rings. The minimum Gasteiger partial charge on any atom is -0.385 e. The zero-order valence-corrected chi connectivity index (χ0v) is 8.39. The molecular formula is C9H16N2O4. The van der Waals surface area contributed by atoms with Gasteiger partial charge in [0.25, 0.3) is 5.91 Å². The van der Waals surface area contributed by atoms with Crippen LogP contribution < -0.4 is 5.32 Å². The van der Waals surface area contributed by atoms with Crippen LogP contribution in [0.4, 0.5) is 4.79 Å². The third-order valence-corrected chi connectivity index (χ3v) is 2.35. The van der Waals surface area contributed by atoms with Crippen molar-refractivity contribution in [2.75, 3.05) is 13.1 Å². The van der Waals surface area contributed by atoms with E-state index in [0.29, 0.717) is 6.42 Å². The Morgan fingerprint density at radius 3 is 2.93 bits per heavy atom. The van der Waals surface area contributed by atoms with E-state index in [0.717, 1.165) is 4.90 Å². The molecule has 6 heteroatoms. The van der Waals surface area contributed by atoms with E-state index < -0.39 is 18.0 Å². The van der Waals surface area contributed by atoms with Crippen molar-refractivity contribution in [1.29, 1.82) is 0 Å². The van der Waals surface area contributed by atoms with Crippen LogP contribution >= 0.6 is 0 Å². The number of aliphatic hydroxyl groups excluding tert-OH is 1. The van der Waals surface area contributed by atoms with Gasteiger partial charge in [0, 0.05) is 13.1 Å². The number of nitrogens with one attached hydrogen (secondary N) is 1. The normalized spacial score (nSPS) is 24.7. The fourth-order valence-corrected chi connectivity index (χ4v) is 1.49. The summed E-state index contributed by atoms with van der Waals surface area (Å²) in [6.07, 6.45) is 0.944. The predicted octanol–water partition coefficient (Wildman–Crippen LogP) is -1.02. The Balaban J connectivity index is 2.66. The lowest BCUT2D eigenvalue weighted by Gasteiger charge is -2.41. The number of carbonyl (C=O) groups is 1. The summed E-state index contributed by atoms with van der Waals surface area (Å²) < 4.78 is 0. The molecule has 6 nitrogen and oxygen atoms in total. The van der Waals surface area contributed by atoms with Crippen LogP contribution in [0.1, 0.15) is 12.8 Å². The number of urea groups is 1. The number of amides is 2. The number of rotatable bonds is 2. The molecule has 0 aromatic heterocycles. The summed E-state index contributed by atoms with van der Waals surface area (Å²) in [5, 5.41) is 30.8. The summed E-state index contributed by atoms with van der Waals surface area (Å²) in [6, 6.07) is -0.626. The maximum Gasteiger partial charge on any atom is 0.321 e. The lowest BCUT2D eigenvalue weighted by atomic mass is 10.0. The zero-order valence-electron chi connectivity index (χ0n) is 8.39. The Morgan fingerprint density at radius 2 is 2.33 bits per heavy atom. The molecule has 1 aliphatic heterocycles. The van der Waals surface area contributed by atoms with Crippen LogP contribution in [-0.4, -0.2) is 51.4 Å². The highest BCUT2D eigenvalue weighted by Gasteiger charge is 2.45. The zero-order chi connectivity index (χ0) is 11.5. The van der Waals surface area contributed by atoms with E-state index in [9.17, 15) is 20.1 Å². The van der Waals surface area contributed by atoms with Crippen molar-refractivity contribution in [3.05, 3.63) is 12.7 Å². The average molecular weight is 216 g/mol. The van der Waals surface area contributed by atoms with Gasteiger partial charge in [-0.15, -0.1) is 6.58 Å². The van der Waals surface area contributed by atoms with Crippen LogP contribution in [0.3, 0.4) is 0 Å². The van der Waals surface area contributed by atoms with Crippen molar-refractivity contribution < 1.29 is 20.1 Å². The summed E-state index contributed by atoms with van der Waals surface area (Å²) in [5.74, 6) is -2.48. The maximum atomic E-state index is 11.5. The fraction of sp³-hybridized carbons (Fsp3) is 0.667. The minimum absolute atomic E-state index is 0.201. The van der Waals surface area contributed by atoms with E-state index in [2.05, 4.69) is 11.9 Å². The maximum absolute atomic E-state index is 11.5. The van der Waals surface area contributed by atoms with Crippen molar-refractivity contribution >= 4 is 6.03 Å². The van der Waals surface area contributed by atoms with Crippen molar-refractivity contribution in [3.8, 4) is 0 Å². The van der Waals surface area contributed by atoms with E-state index in [-0.39, 0.29) is 19.5 Å². The van der Waals surface area contributed by atoms with Crippen molar-refractivity contribution in [2.45, 2.75) is 24.9 Å². The summed E-state index contributed by atoms with van der Waals surface area (Å²) in [5.41, 5.74) is 0. The van der Waals surface area contributed by atoms with Crippen LogP contribution in [0.25, 0.3) is 0 Å². The molecule has 15 heavy (non-hydrogen) atoms. The molecule has 0 aromatic carbocycles. The van der Waals surface area contributed by atoms with Gasteiger partial charge in [-0.1, -0.05) is 6.08 Å². The Hall–Kier alpha value is -1.11. The second-order valence-corrected chi connectivity index (χ2v) is 3.47. The molecule has 0 saturated carbocycles. The van der Waals surface area contributed by atoms with Crippen molar-refractivity contribution in [2.24, 2.45) is 0 Å². The highest BCUT2D eigenvalue weighted by molar-refractivity contribution is 5.75. The molecular weight excluding hydrogens is 200 g/mol. The number of hydrogen-bond donors (Lipinski definition) is 4. The standard InChI is InChI=1S/C9H16N2O4/c1-2-5-10-8(13)11-6-3-4-7(12)9(11,14)15/h2,7,12,14-15H,1,3-6H2,(H,10,13). The number of likely N-dealkylation sites (tertiary alicyclic amines) is 1. The summed E-state index contributed by atoms with van der Waals surface area (Å²) in [7, 11) is 0. The van der Waals surface area contributed by atoms with Gasteiger partial charge in [-0.2, -0.15) is 0 Å². The number of piperidine rings is 1. The molecule has 4 N–H and O–H groups in total. The molecule has 1 unspecified atom stereocenters. The lowest BCUT2D eigenvalue weighted by Crippen LogP contribution is -2.64. The van der Waals surface area contributed by atoms with E-state index in [1.54, 1.807) is 0 Å². The average Bonchev–Trinajstić information content (AvgIpc) is 2.18. The fourth-order valence-electron chi connectivity index (χ4n) is 1.49. The van der Waals surface area contributed by atoms with Gasteiger partial charge in [0.1, 0.15) is 6.10 Å². The van der Waals surface area contributed by atoms with Gasteiger partial charge in [0.2, 0.25) is 0 Å². The first-order valence-corrected chi connectivity index (χ1v) is 4.79. The second kappa shape index (κ2) is 4.61. The number of hydrogen-bond acceptors (Lipinski definition) is 4. The molecule has 0 aliphatic carbocycles. The number of carbonyl (C=O) groups excluding carboxylic acids is 1. The molecule has 86 valence electrons. The summed E-state index contributed by atoms with van der Waals surface area (Å²) >= 11 is 0. The minimum atomic E-state index is -2.48. The largest absolute Gasteiger partial charge is 0.385 e. The van der Waals surface area contributed by atoms with E-state index in [1.165, 1.54) is 6.08 Å². The van der Waals surface area contributed by atoms with Gasteiger partial charge in [0.05, 0.1) is 0 Å². The Bertz CT molecular complexity index is 254. The summed E-state index contributed by atoms with van der Waals surface area (Å²) in [6.45, 7) is 3.86. The van der Waals surface area contributed by atoms with Gasteiger partial charge in [-0.25, -0.2) is 4.79 Å².